The van der Waals surface area contributed by atoms with Crippen LogP contribution in [0.25, 0.3) is 0 Å². The van der Waals surface area contributed by atoms with Crippen LogP contribution in [0.4, 0.5) is 5.69 Å². The number of hydrogen-bond acceptors (Lipinski definition) is 5. The second kappa shape index (κ2) is 10.2. The summed E-state index contributed by atoms with van der Waals surface area (Å²) in [6, 6.07) is 14.5. The summed E-state index contributed by atoms with van der Waals surface area (Å²) in [6.45, 7) is 2.52. The maximum Gasteiger partial charge on any atom is 0.269 e. The number of carbonyl (C=O) groups is 2. The van der Waals surface area contributed by atoms with Crippen LogP contribution in [-0.4, -0.2) is 31.0 Å². The maximum atomic E-state index is 12.4. The van der Waals surface area contributed by atoms with Gasteiger partial charge in [-0.3, -0.25) is 9.59 Å². The lowest BCUT2D eigenvalue weighted by molar-refractivity contribution is -0.117. The van der Waals surface area contributed by atoms with Crippen molar-refractivity contribution in [3.63, 3.8) is 0 Å². The van der Waals surface area contributed by atoms with Crippen molar-refractivity contribution in [1.82, 2.24) is 10.6 Å². The molecular formula is C22H25BrN4O3. The van der Waals surface area contributed by atoms with E-state index in [9.17, 15) is 9.59 Å². The van der Waals surface area contributed by atoms with Crippen molar-refractivity contribution in [2.24, 2.45) is 5.73 Å². The Morgan fingerprint density at radius 3 is 2.37 bits per heavy atom. The molecule has 0 bridgehead atoms. The Balaban J connectivity index is 1.75. The Morgan fingerprint density at radius 2 is 1.77 bits per heavy atom. The standard InChI is InChI=1S/C22H25BrN4O3/c1-2-25-21(28)14-3-7-16(8-4-14)26-19(20(24)22(29)27-17-9-10-17)13-30-18-11-5-15(23)6-12-18/h3-8,11-12,17,26H,2,9-10,13,24H2,1H3,(H,25,28)(H,27,29)/b20-19-. The fourth-order valence-corrected chi connectivity index (χ4v) is 2.90. The molecule has 1 aliphatic carbocycles. The molecule has 158 valence electrons. The molecule has 0 spiro atoms. The first kappa shape index (κ1) is 21.7. The lowest BCUT2D eigenvalue weighted by Gasteiger charge is -2.16. The first-order chi connectivity index (χ1) is 14.5. The van der Waals surface area contributed by atoms with Crippen molar-refractivity contribution in [3.05, 3.63) is 70.0 Å². The minimum Gasteiger partial charge on any atom is -0.487 e. The van der Waals surface area contributed by atoms with Crippen LogP contribution in [0.5, 0.6) is 5.75 Å². The zero-order valence-corrected chi connectivity index (χ0v) is 18.3. The number of rotatable bonds is 9. The summed E-state index contributed by atoms with van der Waals surface area (Å²) in [5.41, 5.74) is 7.91. The van der Waals surface area contributed by atoms with E-state index in [4.69, 9.17) is 10.5 Å². The van der Waals surface area contributed by atoms with Crippen LogP contribution >= 0.6 is 15.9 Å². The molecule has 0 aromatic heterocycles. The van der Waals surface area contributed by atoms with Crippen LogP contribution in [-0.2, 0) is 4.79 Å². The van der Waals surface area contributed by atoms with E-state index in [1.165, 1.54) is 0 Å². The van der Waals surface area contributed by atoms with Crippen molar-refractivity contribution in [2.45, 2.75) is 25.8 Å². The van der Waals surface area contributed by atoms with Gasteiger partial charge in [-0.25, -0.2) is 0 Å². The summed E-state index contributed by atoms with van der Waals surface area (Å²) in [4.78, 5) is 24.4. The maximum absolute atomic E-state index is 12.4. The van der Waals surface area contributed by atoms with E-state index in [-0.39, 0.29) is 30.2 Å². The van der Waals surface area contributed by atoms with Gasteiger partial charge in [-0.2, -0.15) is 0 Å². The largest absolute Gasteiger partial charge is 0.487 e. The summed E-state index contributed by atoms with van der Waals surface area (Å²) < 4.78 is 6.76. The number of nitrogens with one attached hydrogen (secondary N) is 3. The fourth-order valence-electron chi connectivity index (χ4n) is 2.64. The molecule has 0 aliphatic heterocycles. The summed E-state index contributed by atoms with van der Waals surface area (Å²) in [6.07, 6.45) is 1.94. The summed E-state index contributed by atoms with van der Waals surface area (Å²) in [5.74, 6) is 0.194. The molecular weight excluding hydrogens is 448 g/mol. The van der Waals surface area contributed by atoms with E-state index in [1.807, 2.05) is 31.2 Å². The normalized spacial score (nSPS) is 13.8. The summed E-state index contributed by atoms with van der Waals surface area (Å²) in [5, 5.41) is 8.80. The van der Waals surface area contributed by atoms with Gasteiger partial charge in [0.25, 0.3) is 11.8 Å². The van der Waals surface area contributed by atoms with Crippen LogP contribution in [0.3, 0.4) is 0 Å². The van der Waals surface area contributed by atoms with Gasteiger partial charge in [-0.15, -0.1) is 0 Å². The third-order valence-electron chi connectivity index (χ3n) is 4.46. The number of benzene rings is 2. The molecule has 0 unspecified atom stereocenters. The molecule has 1 saturated carbocycles. The highest BCUT2D eigenvalue weighted by Gasteiger charge is 2.25. The number of carbonyl (C=O) groups excluding carboxylic acids is 2. The van der Waals surface area contributed by atoms with Gasteiger partial charge in [0, 0.05) is 28.3 Å². The average Bonchev–Trinajstić information content (AvgIpc) is 3.56. The molecule has 7 nitrogen and oxygen atoms in total. The number of hydrogen-bond donors (Lipinski definition) is 4. The van der Waals surface area contributed by atoms with Crippen LogP contribution in [0.2, 0.25) is 0 Å². The van der Waals surface area contributed by atoms with E-state index in [0.29, 0.717) is 29.2 Å². The Labute approximate surface area is 184 Å². The van der Waals surface area contributed by atoms with Gasteiger partial charge in [0.15, 0.2) is 0 Å². The minimum absolute atomic E-state index is 0.0758. The molecule has 5 N–H and O–H groups in total. The van der Waals surface area contributed by atoms with Gasteiger partial charge in [0.2, 0.25) is 0 Å². The van der Waals surface area contributed by atoms with Crippen LogP contribution in [0, 0.1) is 0 Å². The van der Waals surface area contributed by atoms with Crippen molar-refractivity contribution in [1.29, 1.82) is 0 Å². The smallest absolute Gasteiger partial charge is 0.269 e. The highest BCUT2D eigenvalue weighted by atomic mass is 79.9. The minimum atomic E-state index is -0.321. The lowest BCUT2D eigenvalue weighted by Crippen LogP contribution is -2.33. The Kier molecular flexibility index (Phi) is 7.35. The molecule has 2 aromatic carbocycles. The number of halogens is 1. The molecule has 0 saturated heterocycles. The monoisotopic (exact) mass is 472 g/mol. The third kappa shape index (κ3) is 6.25. The van der Waals surface area contributed by atoms with Gasteiger partial charge in [-0.1, -0.05) is 15.9 Å². The second-order valence-electron chi connectivity index (χ2n) is 6.94. The molecule has 0 radical (unpaired) electrons. The predicted molar refractivity (Wildman–Crippen MR) is 120 cm³/mol. The Morgan fingerprint density at radius 1 is 1.10 bits per heavy atom. The van der Waals surface area contributed by atoms with Gasteiger partial charge < -0.3 is 26.4 Å². The molecule has 30 heavy (non-hydrogen) atoms. The quantitative estimate of drug-likeness (QED) is 0.419. The predicted octanol–water partition coefficient (Wildman–Crippen LogP) is 3.14. The van der Waals surface area contributed by atoms with Crippen molar-refractivity contribution in [2.75, 3.05) is 18.5 Å². The second-order valence-corrected chi connectivity index (χ2v) is 7.86. The van der Waals surface area contributed by atoms with E-state index in [2.05, 4.69) is 31.9 Å². The van der Waals surface area contributed by atoms with Gasteiger partial charge >= 0.3 is 0 Å². The molecule has 1 aliphatic rings. The van der Waals surface area contributed by atoms with Gasteiger partial charge in [-0.05, 0) is 68.3 Å². The van der Waals surface area contributed by atoms with E-state index >= 15 is 0 Å². The summed E-state index contributed by atoms with van der Waals surface area (Å²) >= 11 is 3.39. The Bertz CT molecular complexity index is 922. The third-order valence-corrected chi connectivity index (χ3v) is 4.99. The van der Waals surface area contributed by atoms with Crippen molar-refractivity contribution in [3.8, 4) is 5.75 Å². The number of ether oxygens (including phenoxy) is 1. The molecule has 0 atom stereocenters. The highest BCUT2D eigenvalue weighted by molar-refractivity contribution is 9.10. The number of amides is 2. The fraction of sp³-hybridized carbons (Fsp3) is 0.273. The number of anilines is 1. The zero-order chi connectivity index (χ0) is 21.5. The molecule has 2 amide bonds. The first-order valence-electron chi connectivity index (χ1n) is 9.79. The molecule has 1 fully saturated rings. The number of nitrogens with two attached hydrogens (primary N) is 1. The average molecular weight is 473 g/mol. The SMILES string of the molecule is CCNC(=O)c1ccc(N/C(COc2ccc(Br)cc2)=C(\N)C(=O)NC2CC2)cc1. The summed E-state index contributed by atoms with van der Waals surface area (Å²) in [7, 11) is 0. The molecule has 8 heteroatoms. The first-order valence-corrected chi connectivity index (χ1v) is 10.6. The van der Waals surface area contributed by atoms with Crippen molar-refractivity contribution >= 4 is 33.4 Å². The van der Waals surface area contributed by atoms with Gasteiger partial charge in [0.05, 0.1) is 5.70 Å². The lowest BCUT2D eigenvalue weighted by atomic mass is 10.2. The Hall–Kier alpha value is -3.00. The van der Waals surface area contributed by atoms with Crippen LogP contribution in [0.1, 0.15) is 30.1 Å². The molecule has 0 heterocycles. The van der Waals surface area contributed by atoms with E-state index in [1.54, 1.807) is 24.3 Å². The zero-order valence-electron chi connectivity index (χ0n) is 16.7. The molecule has 2 aromatic rings. The van der Waals surface area contributed by atoms with Crippen molar-refractivity contribution < 1.29 is 14.3 Å². The van der Waals surface area contributed by atoms with E-state index < -0.39 is 0 Å². The van der Waals surface area contributed by atoms with E-state index in [0.717, 1.165) is 17.3 Å². The van der Waals surface area contributed by atoms with Crippen LogP contribution < -0.4 is 26.4 Å². The molecule has 3 rings (SSSR count). The topological polar surface area (TPSA) is 105 Å². The van der Waals surface area contributed by atoms with Crippen LogP contribution in [0.15, 0.2) is 64.4 Å². The highest BCUT2D eigenvalue weighted by Crippen LogP contribution is 2.21. The van der Waals surface area contributed by atoms with Gasteiger partial charge in [0.1, 0.15) is 18.1 Å².